The van der Waals surface area contributed by atoms with Crippen molar-refractivity contribution in [1.29, 1.82) is 0 Å². The van der Waals surface area contributed by atoms with Crippen molar-refractivity contribution in [2.24, 2.45) is 0 Å². The summed E-state index contributed by atoms with van der Waals surface area (Å²) in [6, 6.07) is 13.5. The number of para-hydroxylation sites is 1. The molecule has 0 saturated carbocycles. The van der Waals surface area contributed by atoms with Gasteiger partial charge in [-0.15, -0.1) is 0 Å². The zero-order valence-electron chi connectivity index (χ0n) is 18.1. The van der Waals surface area contributed by atoms with Gasteiger partial charge in [0.1, 0.15) is 10.9 Å². The first kappa shape index (κ1) is 24.2. The molecule has 2 fully saturated rings. The second-order valence-electron chi connectivity index (χ2n) is 8.27. The topological polar surface area (TPSA) is 104 Å². The van der Waals surface area contributed by atoms with E-state index in [2.05, 4.69) is 21.2 Å². The fourth-order valence-electron chi connectivity index (χ4n) is 4.39. The summed E-state index contributed by atoms with van der Waals surface area (Å²) in [5.74, 6) is -1.48. The van der Waals surface area contributed by atoms with Gasteiger partial charge in [-0.1, -0.05) is 64.2 Å². The van der Waals surface area contributed by atoms with Crippen LogP contribution >= 0.6 is 39.9 Å². The summed E-state index contributed by atoms with van der Waals surface area (Å²) in [5.41, 5.74) is 1.81. The molecule has 1 atom stereocenters. The molecular weight excluding hydrogens is 574 g/mol. The minimum atomic E-state index is -3.23. The Morgan fingerprint density at radius 3 is 2.63 bits per heavy atom. The number of hydrogen-bond donors (Lipinski definition) is 1. The van der Waals surface area contributed by atoms with Crippen molar-refractivity contribution in [2.75, 3.05) is 28.3 Å². The van der Waals surface area contributed by atoms with Crippen LogP contribution in [0.5, 0.6) is 0 Å². The number of hydrogen-bond acceptors (Lipinski definition) is 7. The van der Waals surface area contributed by atoms with Crippen molar-refractivity contribution in [3.8, 4) is 0 Å². The van der Waals surface area contributed by atoms with Crippen LogP contribution in [0.15, 0.2) is 57.9 Å². The normalized spacial score (nSPS) is 23.2. The Bertz CT molecular complexity index is 1440. The highest BCUT2D eigenvalue weighted by molar-refractivity contribution is 9.10. The number of sulfone groups is 1. The Kier molecular flexibility index (Phi) is 6.32. The number of anilines is 2. The molecule has 3 aliphatic heterocycles. The fourth-order valence-corrected chi connectivity index (χ4v) is 7.96. The van der Waals surface area contributed by atoms with Gasteiger partial charge in [-0.2, -0.15) is 0 Å². The summed E-state index contributed by atoms with van der Waals surface area (Å²) < 4.78 is 25.0. The number of rotatable bonds is 4. The van der Waals surface area contributed by atoms with E-state index in [0.717, 1.165) is 16.2 Å². The predicted octanol–water partition coefficient (Wildman–Crippen LogP) is 3.19. The van der Waals surface area contributed by atoms with Gasteiger partial charge in [0, 0.05) is 15.7 Å². The van der Waals surface area contributed by atoms with Gasteiger partial charge in [0.2, 0.25) is 5.91 Å². The van der Waals surface area contributed by atoms with Crippen LogP contribution in [-0.4, -0.2) is 59.5 Å². The minimum absolute atomic E-state index is 0.00324. The van der Waals surface area contributed by atoms with E-state index in [9.17, 15) is 22.8 Å². The molecular formula is C23H18BrN3O5S3. The van der Waals surface area contributed by atoms with E-state index in [0.29, 0.717) is 23.4 Å². The summed E-state index contributed by atoms with van der Waals surface area (Å²) in [6.45, 7) is -0.243. The third-order valence-electron chi connectivity index (χ3n) is 5.93. The van der Waals surface area contributed by atoms with Crippen molar-refractivity contribution in [1.82, 2.24) is 4.90 Å². The van der Waals surface area contributed by atoms with Crippen LogP contribution in [0.1, 0.15) is 12.0 Å². The first-order valence-corrected chi connectivity index (χ1v) is 14.5. The molecule has 2 aromatic rings. The Balaban J connectivity index is 1.45. The number of carbonyl (C=O) groups excluding carboxylic acids is 3. The first-order valence-electron chi connectivity index (χ1n) is 10.6. The van der Waals surface area contributed by atoms with Crippen molar-refractivity contribution in [3.63, 3.8) is 0 Å². The van der Waals surface area contributed by atoms with Crippen molar-refractivity contribution >= 4 is 88.7 Å². The fraction of sp³-hybridized carbons (Fsp3) is 0.217. The average Bonchev–Trinajstić information content (AvgIpc) is 3.39. The highest BCUT2D eigenvalue weighted by atomic mass is 79.9. The standard InChI is InChI=1S/C23H18BrN3O5S3/c24-13-4-3-5-14(10-13)25-18(28)11-26-17-7-2-1-6-16(17)19(21(26)29)20-22(30)27(23(33)34-20)15-8-9-35(31,32)12-15/h1-7,10,15H,8-9,11-12H2,(H,25,28)/b20-19+. The third-order valence-corrected chi connectivity index (χ3v) is 9.58. The SMILES string of the molecule is O=C(CN1C(=O)/C(=C2/SC(=S)N(C3CCS(=O)(=O)C3)C2=O)c2ccccc21)Nc1cccc(Br)c1. The van der Waals surface area contributed by atoms with Gasteiger partial charge < -0.3 is 5.32 Å². The zero-order valence-corrected chi connectivity index (χ0v) is 22.1. The number of halogens is 1. The number of nitrogens with zero attached hydrogens (tertiary/aromatic N) is 2. The molecule has 0 radical (unpaired) electrons. The van der Waals surface area contributed by atoms with E-state index in [4.69, 9.17) is 12.2 Å². The number of thioether (sulfide) groups is 1. The monoisotopic (exact) mass is 591 g/mol. The van der Waals surface area contributed by atoms with Crippen LogP contribution in [0, 0.1) is 0 Å². The molecule has 35 heavy (non-hydrogen) atoms. The van der Waals surface area contributed by atoms with Crippen molar-refractivity contribution < 1.29 is 22.8 Å². The number of thiocarbonyl (C=S) groups is 1. The van der Waals surface area contributed by atoms with Crippen molar-refractivity contribution in [2.45, 2.75) is 12.5 Å². The molecule has 1 unspecified atom stereocenters. The Hall–Kier alpha value is -2.54. The number of benzene rings is 2. The van der Waals surface area contributed by atoms with E-state index < -0.39 is 33.6 Å². The summed E-state index contributed by atoms with van der Waals surface area (Å²) in [4.78, 5) is 42.5. The molecule has 5 rings (SSSR count). The Labute approximate surface area is 219 Å². The molecule has 2 aromatic carbocycles. The molecule has 0 aliphatic carbocycles. The van der Waals surface area contributed by atoms with Crippen LogP contribution in [-0.2, 0) is 24.2 Å². The lowest BCUT2D eigenvalue weighted by Gasteiger charge is -2.21. The van der Waals surface area contributed by atoms with E-state index in [-0.39, 0.29) is 32.8 Å². The molecule has 12 heteroatoms. The maximum Gasteiger partial charge on any atom is 0.267 e. The van der Waals surface area contributed by atoms with Gasteiger partial charge in [0.05, 0.1) is 33.7 Å². The van der Waals surface area contributed by atoms with Gasteiger partial charge in [-0.25, -0.2) is 8.42 Å². The van der Waals surface area contributed by atoms with Crippen molar-refractivity contribution in [3.05, 3.63) is 63.5 Å². The number of nitrogens with one attached hydrogen (secondary N) is 1. The highest BCUT2D eigenvalue weighted by Gasteiger charge is 2.46. The van der Waals surface area contributed by atoms with Crippen LogP contribution in [0.4, 0.5) is 11.4 Å². The van der Waals surface area contributed by atoms with E-state index in [1.807, 2.05) is 6.07 Å². The molecule has 3 aliphatic rings. The second-order valence-corrected chi connectivity index (χ2v) is 13.1. The lowest BCUT2D eigenvalue weighted by molar-refractivity contribution is -0.123. The first-order chi connectivity index (χ1) is 16.6. The van der Waals surface area contributed by atoms with Gasteiger partial charge in [-0.3, -0.25) is 24.2 Å². The Morgan fingerprint density at radius 1 is 1.14 bits per heavy atom. The lowest BCUT2D eigenvalue weighted by Crippen LogP contribution is -2.39. The highest BCUT2D eigenvalue weighted by Crippen LogP contribution is 2.45. The molecule has 0 aromatic heterocycles. The van der Waals surface area contributed by atoms with Crippen LogP contribution in [0.2, 0.25) is 0 Å². The molecule has 2 saturated heterocycles. The molecule has 3 amide bonds. The second kappa shape index (κ2) is 9.16. The van der Waals surface area contributed by atoms with Gasteiger partial charge in [0.15, 0.2) is 9.84 Å². The Morgan fingerprint density at radius 2 is 1.91 bits per heavy atom. The summed E-state index contributed by atoms with van der Waals surface area (Å²) in [6.07, 6.45) is 0.309. The van der Waals surface area contributed by atoms with Crippen LogP contribution in [0.3, 0.4) is 0 Å². The molecule has 0 bridgehead atoms. The zero-order chi connectivity index (χ0) is 24.9. The summed E-state index contributed by atoms with van der Waals surface area (Å²) in [5, 5.41) is 2.78. The molecule has 1 N–H and O–H groups in total. The van der Waals surface area contributed by atoms with Gasteiger partial charge >= 0.3 is 0 Å². The number of fused-ring (bicyclic) bond motifs is 1. The van der Waals surface area contributed by atoms with Gasteiger partial charge in [0.25, 0.3) is 11.8 Å². The van der Waals surface area contributed by atoms with E-state index in [1.165, 1.54) is 9.80 Å². The van der Waals surface area contributed by atoms with Crippen LogP contribution in [0.25, 0.3) is 5.57 Å². The molecule has 180 valence electrons. The van der Waals surface area contributed by atoms with E-state index >= 15 is 0 Å². The lowest BCUT2D eigenvalue weighted by atomic mass is 10.1. The average molecular weight is 593 g/mol. The quantitative estimate of drug-likeness (QED) is 0.430. The molecule has 3 heterocycles. The number of amides is 3. The smallest absolute Gasteiger partial charge is 0.267 e. The van der Waals surface area contributed by atoms with Crippen LogP contribution < -0.4 is 10.2 Å². The largest absolute Gasteiger partial charge is 0.324 e. The summed E-state index contributed by atoms with van der Waals surface area (Å²) >= 11 is 9.76. The maximum absolute atomic E-state index is 13.5. The van der Waals surface area contributed by atoms with E-state index in [1.54, 1.807) is 42.5 Å². The molecule has 8 nitrogen and oxygen atoms in total. The predicted molar refractivity (Wildman–Crippen MR) is 143 cm³/mol. The summed E-state index contributed by atoms with van der Waals surface area (Å²) in [7, 11) is -3.23. The van der Waals surface area contributed by atoms with Gasteiger partial charge in [-0.05, 0) is 30.7 Å². The minimum Gasteiger partial charge on any atom is -0.324 e. The third kappa shape index (κ3) is 4.55. The maximum atomic E-state index is 13.5. The number of carbonyl (C=O) groups is 3. The molecule has 0 spiro atoms.